The number of aromatic nitrogens is 4. The maximum atomic E-state index is 17.1. The standard InChI is InChI=1S/C62H77F2N7O6Si2/c1-39(2)78(40(3)4,41(5)6)30-27-49-50(64)26-25-42-31-46(77-79(61(7,8)9,47-21-13-11-14-22-47)48-23-15-12-16-24-48)33-53(54(42)49)76-59-66-56-55(71(59)44-19-17-20-44)57(68-36-45-32-52(74-10)51(37-68)70(45)60(72)73)67-58(65-56)75-38-62-28-18-29-69(62)35-43(63)34-62/h11-16,21-26,31,33,39-41,43-45,51-52H,17-20,28-29,32,34-38H2,1-10H3,(H,72,73)/t43-,45+,51+,52-,62+/m1/s1. The van der Waals surface area contributed by atoms with Crippen molar-refractivity contribution in [2.45, 2.75) is 165 Å². The fraction of sp³-hybridized carbons (Fsp3) is 0.516. The summed E-state index contributed by atoms with van der Waals surface area (Å²) in [4.78, 5) is 34.2. The van der Waals surface area contributed by atoms with Gasteiger partial charge >= 0.3 is 26.4 Å². The zero-order chi connectivity index (χ0) is 55.8. The number of carboxylic acid groups (broad SMARTS) is 1. The van der Waals surface area contributed by atoms with Crippen LogP contribution in [0, 0.1) is 17.3 Å². The Morgan fingerprint density at radius 2 is 1.56 bits per heavy atom. The molecule has 4 saturated heterocycles. The number of piperazine rings is 1. The van der Waals surface area contributed by atoms with Crippen molar-refractivity contribution in [3.8, 4) is 35.0 Å². The number of anilines is 1. The lowest BCUT2D eigenvalue weighted by molar-refractivity contribution is 0.0596. The van der Waals surface area contributed by atoms with Crippen LogP contribution in [0.4, 0.5) is 19.4 Å². The quantitative estimate of drug-likeness (QED) is 0.0780. The molecule has 79 heavy (non-hydrogen) atoms. The first-order valence-electron chi connectivity index (χ1n) is 28.7. The van der Waals surface area contributed by atoms with Gasteiger partial charge in [-0.3, -0.25) is 14.4 Å². The van der Waals surface area contributed by atoms with E-state index in [0.29, 0.717) is 88.4 Å². The molecule has 6 aromatic rings. The summed E-state index contributed by atoms with van der Waals surface area (Å²) in [6.45, 7) is 22.3. The molecule has 1 N–H and O–H groups in total. The maximum Gasteiger partial charge on any atom is 0.408 e. The van der Waals surface area contributed by atoms with E-state index in [-0.39, 0.29) is 47.4 Å². The van der Waals surface area contributed by atoms with Crippen LogP contribution in [0.25, 0.3) is 21.9 Å². The van der Waals surface area contributed by atoms with E-state index < -0.39 is 46.1 Å². The van der Waals surface area contributed by atoms with Gasteiger partial charge < -0.3 is 28.6 Å². The van der Waals surface area contributed by atoms with Gasteiger partial charge in [0.2, 0.25) is 0 Å². The van der Waals surface area contributed by atoms with Gasteiger partial charge in [-0.15, -0.1) is 5.54 Å². The number of hydrogen-bond acceptors (Lipinski definition) is 10. The number of rotatable bonds is 15. The van der Waals surface area contributed by atoms with Crippen LogP contribution in [-0.2, 0) is 4.74 Å². The van der Waals surface area contributed by atoms with Gasteiger partial charge in [-0.25, -0.2) is 13.6 Å². The van der Waals surface area contributed by atoms with Gasteiger partial charge in [-0.05, 0) is 94.6 Å². The highest BCUT2D eigenvalue weighted by Crippen LogP contribution is 2.48. The number of carbonyl (C=O) groups is 1. The highest BCUT2D eigenvalue weighted by molar-refractivity contribution is 7.00. The van der Waals surface area contributed by atoms with Crippen molar-refractivity contribution in [2.75, 3.05) is 44.8 Å². The van der Waals surface area contributed by atoms with Gasteiger partial charge in [0.1, 0.15) is 43.7 Å². The molecule has 11 rings (SSSR count). The zero-order valence-corrected chi connectivity index (χ0v) is 49.6. The summed E-state index contributed by atoms with van der Waals surface area (Å²) in [5.41, 5.74) is 5.52. The van der Waals surface area contributed by atoms with Crippen molar-refractivity contribution < 1.29 is 37.3 Å². The molecule has 0 unspecified atom stereocenters. The van der Waals surface area contributed by atoms with Crippen LogP contribution in [0.1, 0.15) is 119 Å². The van der Waals surface area contributed by atoms with Crippen molar-refractivity contribution in [1.29, 1.82) is 0 Å². The maximum absolute atomic E-state index is 17.1. The van der Waals surface area contributed by atoms with Crippen LogP contribution in [0.3, 0.4) is 0 Å². The number of methoxy groups -OCH3 is 1. The normalized spacial score (nSPS) is 22.7. The summed E-state index contributed by atoms with van der Waals surface area (Å²) in [7, 11) is -3.96. The van der Waals surface area contributed by atoms with E-state index >= 15 is 8.78 Å². The molecule has 2 aromatic heterocycles. The summed E-state index contributed by atoms with van der Waals surface area (Å²) in [6.07, 6.45) is 3.10. The highest BCUT2D eigenvalue weighted by Gasteiger charge is 2.54. The van der Waals surface area contributed by atoms with E-state index in [2.05, 4.69) is 137 Å². The van der Waals surface area contributed by atoms with Crippen LogP contribution < -0.4 is 29.2 Å². The summed E-state index contributed by atoms with van der Waals surface area (Å²) >= 11 is 0. The van der Waals surface area contributed by atoms with Gasteiger partial charge in [0, 0.05) is 50.7 Å². The predicted molar refractivity (Wildman–Crippen MR) is 312 cm³/mol. The third kappa shape index (κ3) is 9.45. The molecule has 17 heteroatoms. The first-order chi connectivity index (χ1) is 37.8. The van der Waals surface area contributed by atoms with Gasteiger partial charge in [-0.1, -0.05) is 135 Å². The monoisotopic (exact) mass is 1110 g/mol. The second-order valence-corrected chi connectivity index (χ2v) is 34.8. The highest BCUT2D eigenvalue weighted by atomic mass is 28.4. The van der Waals surface area contributed by atoms with Crippen LogP contribution in [0.5, 0.6) is 23.5 Å². The smallest absolute Gasteiger partial charge is 0.408 e. The summed E-state index contributed by atoms with van der Waals surface area (Å²) in [5, 5.41) is 13.5. The minimum absolute atomic E-state index is 0.0580. The SMILES string of the molecule is CO[C@@H]1C[C@H]2CN(c3nc(OC[C@@]45CCCN4C[C@H](F)C5)nc4nc(Oc5cc(O[Si](c6ccccc6)(c6ccccc6)C(C)(C)C)cc6ccc(F)c(C#C[Si](C(C)C)(C(C)C)C(C)C)c56)n(C5CCC5)c34)C[C@@H]1N2C(=O)O. The van der Waals surface area contributed by atoms with Gasteiger partial charge in [-0.2, -0.15) is 15.0 Å². The van der Waals surface area contributed by atoms with Gasteiger partial charge in [0.25, 0.3) is 0 Å². The molecule has 13 nitrogen and oxygen atoms in total. The predicted octanol–water partition coefficient (Wildman–Crippen LogP) is 12.1. The molecular formula is C62H77F2N7O6Si2. The van der Waals surface area contributed by atoms with Crippen LogP contribution in [0.15, 0.2) is 84.9 Å². The fourth-order valence-electron chi connectivity index (χ4n) is 14.7. The lowest BCUT2D eigenvalue weighted by Gasteiger charge is -2.43. The average Bonchev–Trinajstić information content (AvgIpc) is 4.31. The Kier molecular flexibility index (Phi) is 14.7. The van der Waals surface area contributed by atoms with E-state index in [1.807, 2.05) is 24.3 Å². The zero-order valence-electron chi connectivity index (χ0n) is 47.6. The van der Waals surface area contributed by atoms with Crippen molar-refractivity contribution in [1.82, 2.24) is 29.3 Å². The Hall–Kier alpha value is -6.07. The van der Waals surface area contributed by atoms with Crippen molar-refractivity contribution in [3.05, 3.63) is 96.3 Å². The summed E-state index contributed by atoms with van der Waals surface area (Å²) < 4.78 is 62.0. The Bertz CT molecular complexity index is 3240. The van der Waals surface area contributed by atoms with E-state index in [9.17, 15) is 9.90 Å². The minimum Gasteiger partial charge on any atom is -0.534 e. The molecule has 0 spiro atoms. The minimum atomic E-state index is -3.22. The molecule has 4 aliphatic heterocycles. The number of benzene rings is 4. The number of amides is 1. The second kappa shape index (κ2) is 21.1. The molecule has 418 valence electrons. The third-order valence-electron chi connectivity index (χ3n) is 18.7. The van der Waals surface area contributed by atoms with E-state index in [4.69, 9.17) is 33.6 Å². The van der Waals surface area contributed by atoms with Crippen LogP contribution in [0.2, 0.25) is 21.7 Å². The van der Waals surface area contributed by atoms with Gasteiger partial charge in [0.05, 0.1) is 29.3 Å². The number of halogens is 2. The molecule has 5 atom stereocenters. The first-order valence-corrected chi connectivity index (χ1v) is 32.8. The lowest BCUT2D eigenvalue weighted by Crippen LogP contribution is -2.68. The molecule has 5 aliphatic rings. The molecule has 1 saturated carbocycles. The molecule has 6 heterocycles. The topological polar surface area (TPSA) is 128 Å². The largest absolute Gasteiger partial charge is 0.534 e. The average molecular weight is 1110 g/mol. The van der Waals surface area contributed by atoms with Gasteiger partial charge in [0.15, 0.2) is 11.5 Å². The number of nitrogens with zero attached hydrogens (tertiary/aromatic N) is 7. The molecule has 2 bridgehead atoms. The Morgan fingerprint density at radius 1 is 0.873 bits per heavy atom. The fourth-order valence-corrected chi connectivity index (χ4v) is 24.3. The Morgan fingerprint density at radius 3 is 2.16 bits per heavy atom. The molecular weight excluding hydrogens is 1030 g/mol. The van der Waals surface area contributed by atoms with Crippen molar-refractivity contribution in [3.63, 3.8) is 0 Å². The Labute approximate surface area is 466 Å². The number of imidazole rings is 1. The third-order valence-corrected chi connectivity index (χ3v) is 29.9. The van der Waals surface area contributed by atoms with E-state index in [0.717, 1.165) is 49.0 Å². The molecule has 1 aliphatic carbocycles. The van der Waals surface area contributed by atoms with Crippen molar-refractivity contribution >= 4 is 60.6 Å². The summed E-state index contributed by atoms with van der Waals surface area (Å²) in [5.74, 6) is 4.51. The first kappa shape index (κ1) is 54.9. The van der Waals surface area contributed by atoms with E-state index in [1.165, 1.54) is 11.0 Å². The number of hydrogen-bond donors (Lipinski definition) is 1. The second-order valence-electron chi connectivity index (χ2n) is 25.0. The molecule has 4 aromatic carbocycles. The van der Waals surface area contributed by atoms with E-state index in [1.54, 1.807) is 13.2 Å². The Balaban J connectivity index is 1.13. The number of ether oxygens (including phenoxy) is 3. The number of alkyl halides is 1. The van der Waals surface area contributed by atoms with Crippen molar-refractivity contribution in [2.24, 2.45) is 0 Å². The van der Waals surface area contributed by atoms with Crippen LogP contribution in [-0.4, -0.2) is 127 Å². The molecule has 5 fully saturated rings. The number of fused-ring (bicyclic) bond motifs is 5. The molecule has 0 radical (unpaired) electrons. The lowest BCUT2D eigenvalue weighted by atomic mass is 9.93. The molecule has 1 amide bonds. The van der Waals surface area contributed by atoms with Crippen LogP contribution >= 0.6 is 0 Å². The summed E-state index contributed by atoms with van der Waals surface area (Å²) in [6, 6.07) is 27.6.